The van der Waals surface area contributed by atoms with Crippen LogP contribution in [0.25, 0.3) is 10.9 Å². The number of ether oxygens (including phenoxy) is 1. The Kier molecular flexibility index (Phi) is 5.58. The molecular formula is C27H33ClN4O4. The molecule has 1 aromatic heterocycles. The number of piperidine rings is 1. The van der Waals surface area contributed by atoms with Crippen LogP contribution in [-0.2, 0) is 14.5 Å². The van der Waals surface area contributed by atoms with Crippen LogP contribution in [0, 0.1) is 29.1 Å². The van der Waals surface area contributed by atoms with Gasteiger partial charge < -0.3 is 20.3 Å². The topological polar surface area (TPSA) is 85.0 Å². The van der Waals surface area contributed by atoms with Gasteiger partial charge in [0.1, 0.15) is 0 Å². The average molecular weight is 513 g/mol. The molecule has 2 spiro atoms. The first-order valence-electron chi connectivity index (χ1n) is 13.3. The van der Waals surface area contributed by atoms with Gasteiger partial charge in [-0.05, 0) is 80.0 Å². The Morgan fingerprint density at radius 2 is 1.92 bits per heavy atom. The van der Waals surface area contributed by atoms with Crippen molar-refractivity contribution in [2.45, 2.75) is 44.3 Å². The van der Waals surface area contributed by atoms with Gasteiger partial charge >= 0.3 is 6.03 Å². The third-order valence-corrected chi connectivity index (χ3v) is 9.95. The minimum absolute atomic E-state index is 0.00915. The first-order chi connectivity index (χ1) is 17.6. The number of benzene rings is 1. The van der Waals surface area contributed by atoms with Crippen LogP contribution in [0.15, 0.2) is 30.5 Å². The summed E-state index contributed by atoms with van der Waals surface area (Å²) in [5.41, 5.74) is 1.65. The number of nitrogens with one attached hydrogen (secondary N) is 2. The van der Waals surface area contributed by atoms with Crippen molar-refractivity contribution < 1.29 is 19.3 Å². The maximum Gasteiger partial charge on any atom is 0.317 e. The zero-order valence-electron chi connectivity index (χ0n) is 20.4. The van der Waals surface area contributed by atoms with Gasteiger partial charge in [0.2, 0.25) is 5.79 Å². The number of pyridine rings is 1. The molecule has 8 rings (SSSR count). The van der Waals surface area contributed by atoms with Crippen LogP contribution in [0.4, 0.5) is 10.5 Å². The number of rotatable bonds is 4. The number of amides is 2. The minimum Gasteiger partial charge on any atom is -0.383 e. The molecule has 1 atom stereocenters. The van der Waals surface area contributed by atoms with E-state index in [1.54, 1.807) is 6.20 Å². The smallest absolute Gasteiger partial charge is 0.317 e. The number of urea groups is 1. The Hall–Kier alpha value is -2.13. The standard InChI is InChI=1S/C27H33ClN4O4/c28-21-1-2-22-23(3-5-29-24(22)14-21)30-6-7-31-25(33)32-8-4-27(34-16-35-36-27)26(15-32)19-10-17-9-18(12-19)13-20(26)11-17/h1-3,5,14,17-20H,4,6-13,15-16H2,(H,29,30)(H,31,33). The van der Waals surface area contributed by atoms with E-state index < -0.39 is 5.79 Å². The summed E-state index contributed by atoms with van der Waals surface area (Å²) in [5.74, 6) is 2.00. The summed E-state index contributed by atoms with van der Waals surface area (Å²) in [6.07, 6.45) is 8.72. The van der Waals surface area contributed by atoms with E-state index in [1.807, 2.05) is 29.2 Å². The molecule has 192 valence electrons. The monoisotopic (exact) mass is 512 g/mol. The van der Waals surface area contributed by atoms with E-state index in [0.717, 1.165) is 28.4 Å². The van der Waals surface area contributed by atoms with Crippen LogP contribution in [0.5, 0.6) is 0 Å². The highest BCUT2D eigenvalue weighted by molar-refractivity contribution is 6.31. The predicted octanol–water partition coefficient (Wildman–Crippen LogP) is 4.79. The lowest BCUT2D eigenvalue weighted by atomic mass is 9.42. The van der Waals surface area contributed by atoms with Gasteiger partial charge in [-0.2, -0.15) is 4.89 Å². The normalized spacial score (nSPS) is 36.8. The molecule has 1 unspecified atom stereocenters. The molecule has 3 heterocycles. The number of carbonyl (C=O) groups excluding carboxylic acids is 1. The summed E-state index contributed by atoms with van der Waals surface area (Å²) in [6.45, 7) is 2.61. The second-order valence-electron chi connectivity index (χ2n) is 11.4. The molecule has 4 aliphatic carbocycles. The lowest BCUT2D eigenvalue weighted by Gasteiger charge is -2.67. The van der Waals surface area contributed by atoms with Crippen molar-refractivity contribution in [3.63, 3.8) is 0 Å². The van der Waals surface area contributed by atoms with Crippen molar-refractivity contribution in [1.29, 1.82) is 0 Å². The fourth-order valence-electron chi connectivity index (χ4n) is 8.45. The Balaban J connectivity index is 1.03. The lowest BCUT2D eigenvalue weighted by Crippen LogP contribution is -2.71. The highest BCUT2D eigenvalue weighted by atomic mass is 35.5. The van der Waals surface area contributed by atoms with Crippen LogP contribution in [0.2, 0.25) is 5.02 Å². The first-order valence-corrected chi connectivity index (χ1v) is 13.7. The van der Waals surface area contributed by atoms with Crippen LogP contribution >= 0.6 is 11.6 Å². The number of halogens is 1. The van der Waals surface area contributed by atoms with Gasteiger partial charge in [0.15, 0.2) is 6.79 Å². The Labute approximate surface area is 215 Å². The predicted molar refractivity (Wildman–Crippen MR) is 135 cm³/mol. The molecule has 2 N–H and O–H groups in total. The highest BCUT2D eigenvalue weighted by Crippen LogP contribution is 2.68. The van der Waals surface area contributed by atoms with Crippen molar-refractivity contribution in [3.05, 3.63) is 35.5 Å². The molecule has 36 heavy (non-hydrogen) atoms. The molecule has 2 saturated heterocycles. The van der Waals surface area contributed by atoms with Crippen molar-refractivity contribution in [2.75, 3.05) is 38.3 Å². The lowest BCUT2D eigenvalue weighted by molar-refractivity contribution is -0.396. The number of aromatic nitrogens is 1. The van der Waals surface area contributed by atoms with E-state index in [1.165, 1.54) is 32.1 Å². The van der Waals surface area contributed by atoms with Crippen LogP contribution < -0.4 is 10.6 Å². The van der Waals surface area contributed by atoms with Gasteiger partial charge in [0, 0.05) is 54.9 Å². The van der Waals surface area contributed by atoms with Gasteiger partial charge in [0.25, 0.3) is 0 Å². The van der Waals surface area contributed by atoms with Gasteiger partial charge in [0.05, 0.1) is 10.9 Å². The van der Waals surface area contributed by atoms with Crippen LogP contribution in [-0.4, -0.2) is 54.7 Å². The van der Waals surface area contributed by atoms with Crippen molar-refractivity contribution in [3.8, 4) is 0 Å². The van der Waals surface area contributed by atoms with Crippen molar-refractivity contribution in [1.82, 2.24) is 15.2 Å². The Morgan fingerprint density at radius 3 is 2.67 bits per heavy atom. The van der Waals surface area contributed by atoms with E-state index >= 15 is 0 Å². The summed E-state index contributed by atoms with van der Waals surface area (Å²) in [4.78, 5) is 31.1. The fourth-order valence-corrected chi connectivity index (χ4v) is 8.62. The summed E-state index contributed by atoms with van der Waals surface area (Å²) in [5, 5.41) is 8.25. The maximum atomic E-state index is 13.3. The molecule has 4 saturated carbocycles. The third kappa shape index (κ3) is 3.52. The highest BCUT2D eigenvalue weighted by Gasteiger charge is 2.71. The number of anilines is 1. The quantitative estimate of drug-likeness (QED) is 0.452. The third-order valence-electron chi connectivity index (χ3n) is 9.71. The van der Waals surface area contributed by atoms with Crippen LogP contribution in [0.1, 0.15) is 38.5 Å². The van der Waals surface area contributed by atoms with E-state index in [-0.39, 0.29) is 18.2 Å². The number of likely N-dealkylation sites (tertiary alicyclic amines) is 1. The summed E-state index contributed by atoms with van der Waals surface area (Å²) in [7, 11) is 0. The zero-order chi connectivity index (χ0) is 24.3. The van der Waals surface area contributed by atoms with Gasteiger partial charge in [-0.1, -0.05) is 11.6 Å². The molecule has 2 amide bonds. The SMILES string of the molecule is O=C(NCCNc1ccnc2cc(Cl)ccc12)N1CCC2(OCOO2)C2(C1)C1CC3CC(C1)CC2C3. The zero-order valence-corrected chi connectivity index (χ0v) is 21.1. The molecule has 1 aromatic carbocycles. The first kappa shape index (κ1) is 23.0. The second-order valence-corrected chi connectivity index (χ2v) is 11.8. The van der Waals surface area contributed by atoms with E-state index in [2.05, 4.69) is 15.6 Å². The molecule has 2 aliphatic heterocycles. The van der Waals surface area contributed by atoms with E-state index in [0.29, 0.717) is 49.5 Å². The van der Waals surface area contributed by atoms with Gasteiger partial charge in [-0.25, -0.2) is 9.68 Å². The number of hydrogen-bond acceptors (Lipinski definition) is 6. The van der Waals surface area contributed by atoms with Crippen molar-refractivity contribution in [2.24, 2.45) is 29.1 Å². The minimum atomic E-state index is -0.709. The summed E-state index contributed by atoms with van der Waals surface area (Å²) < 4.78 is 6.25. The maximum absolute atomic E-state index is 13.3. The molecular weight excluding hydrogens is 480 g/mol. The number of carbonyl (C=O) groups is 1. The van der Waals surface area contributed by atoms with Crippen molar-refractivity contribution >= 4 is 34.2 Å². The molecule has 9 heteroatoms. The summed E-state index contributed by atoms with van der Waals surface area (Å²) in [6, 6.07) is 7.63. The van der Waals surface area contributed by atoms with Gasteiger partial charge in [-0.3, -0.25) is 4.98 Å². The fraction of sp³-hybridized carbons (Fsp3) is 0.630. The molecule has 0 radical (unpaired) electrons. The second kappa shape index (κ2) is 8.72. The number of nitrogens with zero attached hydrogens (tertiary/aromatic N) is 2. The summed E-state index contributed by atoms with van der Waals surface area (Å²) >= 11 is 6.10. The molecule has 4 bridgehead atoms. The Morgan fingerprint density at radius 1 is 1.11 bits per heavy atom. The van der Waals surface area contributed by atoms with E-state index in [9.17, 15) is 4.79 Å². The Bertz CT molecular complexity index is 1140. The largest absolute Gasteiger partial charge is 0.383 e. The molecule has 6 fully saturated rings. The van der Waals surface area contributed by atoms with E-state index in [4.69, 9.17) is 26.1 Å². The number of hydrogen-bond donors (Lipinski definition) is 2. The molecule has 8 nitrogen and oxygen atoms in total. The van der Waals surface area contributed by atoms with Crippen LogP contribution in [0.3, 0.4) is 0 Å². The molecule has 6 aliphatic rings. The average Bonchev–Trinajstić information content (AvgIpc) is 3.35. The molecule has 2 aromatic rings. The van der Waals surface area contributed by atoms with Gasteiger partial charge in [-0.15, -0.1) is 0 Å². The number of fused-ring (bicyclic) bond motifs is 1.